The summed E-state index contributed by atoms with van der Waals surface area (Å²) in [4.78, 5) is 15.4. The van der Waals surface area contributed by atoms with Crippen molar-refractivity contribution >= 4 is 0 Å². The normalized spacial score (nSPS) is 10.9. The Kier molecular flexibility index (Phi) is 3.43. The molecule has 0 atom stereocenters. The molecule has 1 heterocycles. The second kappa shape index (κ2) is 5.05. The predicted molar refractivity (Wildman–Crippen MR) is 61.2 cm³/mol. The first-order valence-corrected chi connectivity index (χ1v) is 5.24. The van der Waals surface area contributed by atoms with E-state index >= 15 is 0 Å². The lowest BCUT2D eigenvalue weighted by Crippen LogP contribution is -2.21. The van der Waals surface area contributed by atoms with Gasteiger partial charge in [-0.25, -0.2) is 4.98 Å². The third-order valence-corrected chi connectivity index (χ3v) is 2.30. The second-order valence-corrected chi connectivity index (χ2v) is 3.60. The molecule has 5 nitrogen and oxygen atoms in total. The summed E-state index contributed by atoms with van der Waals surface area (Å²) in [6, 6.07) is 6.31. The molecule has 0 unspecified atom stereocenters. The molecule has 8 heteroatoms. The minimum atomic E-state index is -4.77. The fourth-order valence-electron chi connectivity index (χ4n) is 1.50. The van der Waals surface area contributed by atoms with Gasteiger partial charge in [-0.3, -0.25) is 9.36 Å². The highest BCUT2D eigenvalue weighted by Crippen LogP contribution is 2.23. The van der Waals surface area contributed by atoms with E-state index in [0.717, 1.165) is 16.7 Å². The number of aromatic nitrogens is 2. The molecule has 1 aromatic carbocycles. The van der Waals surface area contributed by atoms with E-state index in [9.17, 15) is 18.0 Å². The average Bonchev–Trinajstić information content (AvgIpc) is 2.38. The van der Waals surface area contributed by atoms with Gasteiger partial charge in [0, 0.05) is 18.1 Å². The van der Waals surface area contributed by atoms with Crippen molar-refractivity contribution in [1.29, 1.82) is 5.26 Å². The lowest BCUT2D eigenvalue weighted by atomic mass is 10.3. The maximum atomic E-state index is 12.0. The molecule has 0 saturated carbocycles. The molecule has 1 aromatic heterocycles. The molecule has 0 aliphatic carbocycles. The Morgan fingerprint density at radius 1 is 1.25 bits per heavy atom. The van der Waals surface area contributed by atoms with Gasteiger partial charge in [0.25, 0.3) is 5.56 Å². The monoisotopic (exact) mass is 281 g/mol. The lowest BCUT2D eigenvalue weighted by Gasteiger charge is -2.10. The molecule has 2 rings (SSSR count). The van der Waals surface area contributed by atoms with E-state index < -0.39 is 17.7 Å². The molecule has 0 N–H and O–H groups in total. The quantitative estimate of drug-likeness (QED) is 0.844. The van der Waals surface area contributed by atoms with Crippen LogP contribution in [0.3, 0.4) is 0 Å². The first-order valence-electron chi connectivity index (χ1n) is 5.24. The summed E-state index contributed by atoms with van der Waals surface area (Å²) in [7, 11) is 0. The van der Waals surface area contributed by atoms with E-state index in [1.54, 1.807) is 6.07 Å². The van der Waals surface area contributed by atoms with Gasteiger partial charge >= 0.3 is 6.36 Å². The van der Waals surface area contributed by atoms with Crippen LogP contribution in [0.4, 0.5) is 13.2 Å². The van der Waals surface area contributed by atoms with E-state index in [1.165, 1.54) is 24.5 Å². The van der Waals surface area contributed by atoms with Crippen molar-refractivity contribution in [2.75, 3.05) is 0 Å². The van der Waals surface area contributed by atoms with Crippen LogP contribution < -0.4 is 10.3 Å². The fourth-order valence-corrected chi connectivity index (χ4v) is 1.50. The molecule has 102 valence electrons. The number of halogens is 3. The van der Waals surface area contributed by atoms with E-state index in [1.807, 2.05) is 0 Å². The van der Waals surface area contributed by atoms with Crippen molar-refractivity contribution in [3.63, 3.8) is 0 Å². The van der Waals surface area contributed by atoms with Crippen molar-refractivity contribution in [2.45, 2.75) is 6.36 Å². The lowest BCUT2D eigenvalue weighted by molar-refractivity contribution is -0.274. The molecule has 2 aromatic rings. The topological polar surface area (TPSA) is 67.9 Å². The van der Waals surface area contributed by atoms with Crippen LogP contribution in [0.2, 0.25) is 0 Å². The van der Waals surface area contributed by atoms with Crippen molar-refractivity contribution in [1.82, 2.24) is 9.55 Å². The molecular weight excluding hydrogens is 275 g/mol. The van der Waals surface area contributed by atoms with Crippen LogP contribution in [0.5, 0.6) is 5.75 Å². The van der Waals surface area contributed by atoms with Gasteiger partial charge in [-0.15, -0.1) is 13.2 Å². The minimum absolute atomic E-state index is 0.295. The zero-order valence-corrected chi connectivity index (χ0v) is 9.76. The van der Waals surface area contributed by atoms with E-state index in [-0.39, 0.29) is 5.69 Å². The van der Waals surface area contributed by atoms with Gasteiger partial charge in [0.2, 0.25) is 5.69 Å². The summed E-state index contributed by atoms with van der Waals surface area (Å²) >= 11 is 0. The molecule has 0 amide bonds. The molecule has 0 aliphatic rings. The number of benzene rings is 1. The first-order chi connectivity index (χ1) is 9.40. The maximum Gasteiger partial charge on any atom is 0.573 e. The van der Waals surface area contributed by atoms with Crippen LogP contribution in [-0.2, 0) is 0 Å². The number of hydrogen-bond acceptors (Lipinski definition) is 4. The molecule has 0 spiro atoms. The Morgan fingerprint density at radius 2 is 1.90 bits per heavy atom. The van der Waals surface area contributed by atoms with Crippen LogP contribution in [0, 0.1) is 11.3 Å². The predicted octanol–water partition coefficient (Wildman–Crippen LogP) is 2.00. The smallest absolute Gasteiger partial charge is 0.406 e. The van der Waals surface area contributed by atoms with Gasteiger partial charge in [0.15, 0.2) is 0 Å². The largest absolute Gasteiger partial charge is 0.573 e. The highest BCUT2D eigenvalue weighted by molar-refractivity contribution is 5.38. The highest BCUT2D eigenvalue weighted by Gasteiger charge is 2.30. The Balaban J connectivity index is 2.37. The summed E-state index contributed by atoms with van der Waals surface area (Å²) in [6.07, 6.45) is -2.22. The van der Waals surface area contributed by atoms with Gasteiger partial charge in [-0.05, 0) is 24.3 Å². The number of alkyl halides is 3. The molecule has 0 saturated heterocycles. The van der Waals surface area contributed by atoms with E-state index in [2.05, 4.69) is 9.72 Å². The Labute approximate surface area is 110 Å². The summed E-state index contributed by atoms with van der Waals surface area (Å²) in [5, 5.41) is 8.69. The number of nitriles is 1. The molecule has 0 bridgehead atoms. The molecule has 0 aliphatic heterocycles. The molecule has 0 fully saturated rings. The van der Waals surface area contributed by atoms with Crippen molar-refractivity contribution < 1.29 is 17.9 Å². The first kappa shape index (κ1) is 13.6. The minimum Gasteiger partial charge on any atom is -0.406 e. The van der Waals surface area contributed by atoms with Gasteiger partial charge in [-0.1, -0.05) is 0 Å². The van der Waals surface area contributed by atoms with Gasteiger partial charge in [-0.2, -0.15) is 5.26 Å². The standard InChI is InChI=1S/C12H6F3N3O2/c13-12(14,15)20-9-3-1-8(2-4-9)18-6-5-17-10(7-16)11(18)19/h1-6H. The van der Waals surface area contributed by atoms with Crippen molar-refractivity contribution in [2.24, 2.45) is 0 Å². The summed E-state index contributed by atoms with van der Waals surface area (Å²) in [6.45, 7) is 0. The van der Waals surface area contributed by atoms with E-state index in [0.29, 0.717) is 5.69 Å². The van der Waals surface area contributed by atoms with E-state index in [4.69, 9.17) is 5.26 Å². The third-order valence-electron chi connectivity index (χ3n) is 2.30. The van der Waals surface area contributed by atoms with Gasteiger partial charge in [0.1, 0.15) is 11.8 Å². The van der Waals surface area contributed by atoms with Crippen LogP contribution in [-0.4, -0.2) is 15.9 Å². The third kappa shape index (κ3) is 2.95. The van der Waals surface area contributed by atoms with Crippen molar-refractivity contribution in [3.05, 3.63) is 52.7 Å². The molecule has 0 radical (unpaired) electrons. The molecule has 20 heavy (non-hydrogen) atoms. The van der Waals surface area contributed by atoms with Crippen LogP contribution in [0.15, 0.2) is 41.5 Å². The number of nitrogens with zero attached hydrogens (tertiary/aromatic N) is 3. The highest BCUT2D eigenvalue weighted by atomic mass is 19.4. The Hall–Kier alpha value is -2.82. The Bertz CT molecular complexity index is 714. The number of hydrogen-bond donors (Lipinski definition) is 0. The zero-order chi connectivity index (χ0) is 14.8. The summed E-state index contributed by atoms with van der Waals surface area (Å²) in [5.41, 5.74) is -0.661. The SMILES string of the molecule is N#Cc1nccn(-c2ccc(OC(F)(F)F)cc2)c1=O. The van der Waals surface area contributed by atoms with Crippen LogP contribution in [0.25, 0.3) is 5.69 Å². The van der Waals surface area contributed by atoms with Gasteiger partial charge < -0.3 is 4.74 Å². The van der Waals surface area contributed by atoms with Gasteiger partial charge in [0.05, 0.1) is 0 Å². The second-order valence-electron chi connectivity index (χ2n) is 3.60. The summed E-state index contributed by atoms with van der Waals surface area (Å²) < 4.78 is 40.8. The fraction of sp³-hybridized carbons (Fsp3) is 0.0833. The molecular formula is C12H6F3N3O2. The average molecular weight is 281 g/mol. The van der Waals surface area contributed by atoms with Crippen LogP contribution >= 0.6 is 0 Å². The zero-order valence-electron chi connectivity index (χ0n) is 9.76. The number of rotatable bonds is 2. The Morgan fingerprint density at radius 3 is 2.45 bits per heavy atom. The van der Waals surface area contributed by atoms with Crippen LogP contribution in [0.1, 0.15) is 5.69 Å². The van der Waals surface area contributed by atoms with Crippen molar-refractivity contribution in [3.8, 4) is 17.5 Å². The maximum absolute atomic E-state index is 12.0. The number of ether oxygens (including phenoxy) is 1. The summed E-state index contributed by atoms with van der Waals surface area (Å²) in [5.74, 6) is -0.399.